The number of carbonyl (C=O) groups excluding carboxylic acids is 1. The molecule has 1 aliphatic carbocycles. The van der Waals surface area contributed by atoms with E-state index in [4.69, 9.17) is 21.6 Å². The van der Waals surface area contributed by atoms with E-state index in [-0.39, 0.29) is 5.91 Å². The van der Waals surface area contributed by atoms with E-state index in [0.717, 1.165) is 64.1 Å². The third-order valence-electron chi connectivity index (χ3n) is 6.52. The predicted molar refractivity (Wildman–Crippen MR) is 137 cm³/mol. The van der Waals surface area contributed by atoms with Crippen LogP contribution in [0.1, 0.15) is 57.4 Å². The first kappa shape index (κ1) is 20.6. The summed E-state index contributed by atoms with van der Waals surface area (Å²) in [6, 6.07) is 15.6. The van der Waals surface area contributed by atoms with Crippen molar-refractivity contribution in [2.75, 3.05) is 5.32 Å². The molecule has 6 rings (SSSR count). The zero-order valence-corrected chi connectivity index (χ0v) is 19.8. The Morgan fingerprint density at radius 3 is 2.64 bits per heavy atom. The summed E-state index contributed by atoms with van der Waals surface area (Å²) in [6.45, 7) is 2.16. The van der Waals surface area contributed by atoms with Gasteiger partial charge < -0.3 is 5.32 Å². The Labute approximate surface area is 201 Å². The minimum atomic E-state index is -0.143. The van der Waals surface area contributed by atoms with Crippen LogP contribution in [0.15, 0.2) is 53.5 Å². The van der Waals surface area contributed by atoms with Crippen molar-refractivity contribution in [2.45, 2.75) is 39.0 Å². The van der Waals surface area contributed by atoms with Gasteiger partial charge in [0, 0.05) is 27.2 Å². The molecule has 0 spiro atoms. The van der Waals surface area contributed by atoms with Crippen LogP contribution in [0, 0.1) is 0 Å². The molecule has 2 aromatic carbocycles. The van der Waals surface area contributed by atoms with Crippen molar-refractivity contribution in [3.05, 3.63) is 86.4 Å². The topological polar surface area (TPSA) is 54.4 Å². The number of amides is 1. The predicted octanol–water partition coefficient (Wildman–Crippen LogP) is 7.13. The van der Waals surface area contributed by atoms with E-state index in [1.165, 1.54) is 28.9 Å². The van der Waals surface area contributed by atoms with Crippen LogP contribution in [0.5, 0.6) is 0 Å². The summed E-state index contributed by atoms with van der Waals surface area (Å²) in [6.07, 6.45) is 5.29. The highest BCUT2D eigenvalue weighted by Crippen LogP contribution is 2.45. The molecule has 0 unspecified atom stereocenters. The number of nitrogens with zero attached hydrogens (tertiary/aromatic N) is 2. The average molecular weight is 472 g/mol. The second-order valence-electron chi connectivity index (χ2n) is 8.51. The third-order valence-corrected chi connectivity index (χ3v) is 7.82. The van der Waals surface area contributed by atoms with Crippen LogP contribution >= 0.6 is 22.9 Å². The summed E-state index contributed by atoms with van der Waals surface area (Å²) in [5.41, 5.74) is 7.90. The van der Waals surface area contributed by atoms with Gasteiger partial charge in [-0.3, -0.25) is 4.79 Å². The number of aromatic nitrogens is 1. The molecule has 0 fully saturated rings. The number of aliphatic imine (C=N–C) groups is 1. The number of carbonyl (C=O) groups is 1. The van der Waals surface area contributed by atoms with Crippen molar-refractivity contribution in [1.29, 1.82) is 0 Å². The van der Waals surface area contributed by atoms with Gasteiger partial charge in [0.15, 0.2) is 0 Å². The molecule has 0 radical (unpaired) electrons. The van der Waals surface area contributed by atoms with Crippen molar-refractivity contribution < 1.29 is 4.79 Å². The van der Waals surface area contributed by atoms with E-state index in [2.05, 4.69) is 12.2 Å². The van der Waals surface area contributed by atoms with E-state index in [1.807, 2.05) is 42.5 Å². The van der Waals surface area contributed by atoms with Gasteiger partial charge in [0.25, 0.3) is 5.91 Å². The van der Waals surface area contributed by atoms with Gasteiger partial charge in [-0.1, -0.05) is 48.9 Å². The van der Waals surface area contributed by atoms with Crippen molar-refractivity contribution in [3.8, 4) is 0 Å². The van der Waals surface area contributed by atoms with Gasteiger partial charge in [-0.25, -0.2) is 9.98 Å². The summed E-state index contributed by atoms with van der Waals surface area (Å²) in [4.78, 5) is 25.2. The first-order chi connectivity index (χ1) is 16.1. The normalized spacial score (nSPS) is 15.1. The molecule has 33 heavy (non-hydrogen) atoms. The van der Waals surface area contributed by atoms with E-state index in [0.29, 0.717) is 15.6 Å². The molecular formula is C27H22ClN3OS. The molecule has 0 saturated heterocycles. The van der Waals surface area contributed by atoms with Crippen LogP contribution in [-0.2, 0) is 19.3 Å². The summed E-state index contributed by atoms with van der Waals surface area (Å²) in [5.74, 6) is -0.143. The Morgan fingerprint density at radius 1 is 1.06 bits per heavy atom. The minimum absolute atomic E-state index is 0.143. The maximum absolute atomic E-state index is 13.4. The lowest BCUT2D eigenvalue weighted by molar-refractivity contribution is 0.103. The lowest BCUT2D eigenvalue weighted by atomic mass is 9.88. The average Bonchev–Trinajstić information content (AvgIpc) is 3.21. The molecule has 2 aromatic heterocycles. The van der Waals surface area contributed by atoms with E-state index in [9.17, 15) is 4.79 Å². The summed E-state index contributed by atoms with van der Waals surface area (Å²) < 4.78 is 0. The van der Waals surface area contributed by atoms with Crippen molar-refractivity contribution in [2.24, 2.45) is 4.99 Å². The smallest absolute Gasteiger partial charge is 0.268 e. The Bertz CT molecular complexity index is 1460. The highest BCUT2D eigenvalue weighted by Gasteiger charge is 2.29. The molecule has 6 heteroatoms. The van der Waals surface area contributed by atoms with Gasteiger partial charge in [-0.15, -0.1) is 11.3 Å². The van der Waals surface area contributed by atoms with Crippen LogP contribution < -0.4 is 5.32 Å². The van der Waals surface area contributed by atoms with Crippen LogP contribution in [0.2, 0.25) is 5.02 Å². The number of halogens is 1. The van der Waals surface area contributed by atoms with E-state index < -0.39 is 0 Å². The second kappa shape index (κ2) is 8.08. The molecule has 2 aliphatic rings. The van der Waals surface area contributed by atoms with Crippen LogP contribution in [0.3, 0.4) is 0 Å². The number of benzene rings is 2. The Morgan fingerprint density at radius 2 is 1.85 bits per heavy atom. The monoisotopic (exact) mass is 471 g/mol. The number of thiophene rings is 1. The van der Waals surface area contributed by atoms with E-state index in [1.54, 1.807) is 6.07 Å². The molecule has 0 saturated carbocycles. The molecule has 4 nitrogen and oxygen atoms in total. The Kier molecular flexibility index (Phi) is 5.04. The van der Waals surface area contributed by atoms with Crippen molar-refractivity contribution >= 4 is 56.1 Å². The number of pyridine rings is 1. The lowest BCUT2D eigenvalue weighted by Crippen LogP contribution is -2.17. The standard InChI is InChI=1S/C27H22ClN3OS/c1-2-20-17-10-6-7-11-18(17)22-24-25(33-27(22)30-20)26(32)29-21-13-12-16(28)14-19(21)23(31-24)15-8-4-3-5-9-15/h3-5,8-9,12-14H,2,6-7,10-11H2,1H3,(H,29,32). The zero-order valence-electron chi connectivity index (χ0n) is 18.2. The molecule has 0 atom stereocenters. The lowest BCUT2D eigenvalue weighted by Gasteiger charge is -2.20. The third kappa shape index (κ3) is 3.38. The number of fused-ring (bicyclic) bond motifs is 6. The maximum Gasteiger partial charge on any atom is 0.268 e. The van der Waals surface area contributed by atoms with Crippen molar-refractivity contribution in [1.82, 2.24) is 4.98 Å². The maximum atomic E-state index is 13.4. The highest BCUT2D eigenvalue weighted by atomic mass is 35.5. The minimum Gasteiger partial charge on any atom is -0.321 e. The van der Waals surface area contributed by atoms with Gasteiger partial charge in [0.2, 0.25) is 0 Å². The number of hydrogen-bond donors (Lipinski definition) is 1. The Hall–Kier alpha value is -3.02. The van der Waals surface area contributed by atoms with Gasteiger partial charge in [0.05, 0.1) is 17.1 Å². The van der Waals surface area contributed by atoms with Crippen LogP contribution in [-0.4, -0.2) is 16.6 Å². The quantitative estimate of drug-likeness (QED) is 0.338. The molecule has 1 amide bonds. The van der Waals surface area contributed by atoms with Crippen LogP contribution in [0.4, 0.5) is 11.4 Å². The Balaban J connectivity index is 1.72. The van der Waals surface area contributed by atoms with Gasteiger partial charge >= 0.3 is 0 Å². The van der Waals surface area contributed by atoms with E-state index >= 15 is 0 Å². The number of aryl methyl sites for hydroxylation is 2. The summed E-state index contributed by atoms with van der Waals surface area (Å²) in [7, 11) is 0. The number of nitrogens with one attached hydrogen (secondary N) is 1. The molecule has 4 aromatic rings. The fraction of sp³-hybridized carbons (Fsp3) is 0.222. The number of hydrogen-bond acceptors (Lipinski definition) is 4. The summed E-state index contributed by atoms with van der Waals surface area (Å²) in [5, 5.41) is 4.78. The first-order valence-corrected chi connectivity index (χ1v) is 12.6. The molecule has 1 aliphatic heterocycles. The van der Waals surface area contributed by atoms with Crippen LogP contribution in [0.25, 0.3) is 10.2 Å². The second-order valence-corrected chi connectivity index (χ2v) is 9.94. The van der Waals surface area contributed by atoms with Crippen molar-refractivity contribution in [3.63, 3.8) is 0 Å². The number of rotatable bonds is 2. The molecule has 164 valence electrons. The van der Waals surface area contributed by atoms with Gasteiger partial charge in [0.1, 0.15) is 9.71 Å². The fourth-order valence-electron chi connectivity index (χ4n) is 4.99. The first-order valence-electron chi connectivity index (χ1n) is 11.4. The molecule has 0 bridgehead atoms. The van der Waals surface area contributed by atoms with Gasteiger partial charge in [-0.05, 0) is 61.4 Å². The molecule has 1 N–H and O–H groups in total. The molecular weight excluding hydrogens is 450 g/mol. The highest BCUT2D eigenvalue weighted by molar-refractivity contribution is 7.21. The zero-order chi connectivity index (χ0) is 22.5. The fourth-order valence-corrected chi connectivity index (χ4v) is 6.22. The summed E-state index contributed by atoms with van der Waals surface area (Å²) >= 11 is 7.84. The molecule has 3 heterocycles. The number of anilines is 1. The van der Waals surface area contributed by atoms with Gasteiger partial charge in [-0.2, -0.15) is 0 Å². The SMILES string of the molecule is CCc1nc2sc3c(c2c2c1CCCC2)N=C(c1ccccc1)c1cc(Cl)ccc1NC3=O. The largest absolute Gasteiger partial charge is 0.321 e.